The van der Waals surface area contributed by atoms with Gasteiger partial charge in [-0.25, -0.2) is 18.4 Å². The Labute approximate surface area is 302 Å². The van der Waals surface area contributed by atoms with Crippen LogP contribution in [0, 0.1) is 11.8 Å². The van der Waals surface area contributed by atoms with E-state index >= 15 is 0 Å². The number of ether oxygens (including phenoxy) is 1. The summed E-state index contributed by atoms with van der Waals surface area (Å²) in [5.41, 5.74) is 0.120. The van der Waals surface area contributed by atoms with Crippen LogP contribution in [0.5, 0.6) is 5.88 Å². The molecule has 0 spiro atoms. The third-order valence-electron chi connectivity index (χ3n) is 10.5. The number of thiazole rings is 1. The van der Waals surface area contributed by atoms with Gasteiger partial charge in [-0.2, -0.15) is 0 Å². The number of carbonyl (C=O) groups is 3. The monoisotopic (exact) mass is 732 g/mol. The predicted octanol–water partition coefficient (Wildman–Crippen LogP) is 4.54. The summed E-state index contributed by atoms with van der Waals surface area (Å²) in [6.07, 6.45) is 8.87. The molecule has 1 saturated heterocycles. The zero-order valence-corrected chi connectivity index (χ0v) is 30.9. The van der Waals surface area contributed by atoms with E-state index in [1.165, 1.54) is 16.2 Å². The molecule has 2 aliphatic heterocycles. The van der Waals surface area contributed by atoms with Gasteiger partial charge in [-0.1, -0.05) is 58.1 Å². The SMILES string of the molecule is C=C[C@@H]1C[C@]1(NC(=O)[C@@H]1C[C@@H]2CN1C(=O)[C@H](C(C)C)Nc1nc(cs1)C(C)(C)C/C=C\c1ccc3ccnc(c3c1)O2)C(=O)NS(=O)(=O)C1CC1. The highest BCUT2D eigenvalue weighted by molar-refractivity contribution is 7.91. The third-order valence-corrected chi connectivity index (χ3v) is 13.1. The topological polar surface area (TPSA) is 160 Å². The standard InChI is InChI=1S/C37H44N6O6S2/c1-6-24-18-37(24,34(46)42-51(47,48)26-11-12-26)41-31(44)28-17-25-19-43(28)33(45)30(21(2)3)40-35-39-29(20-50-35)36(4,5)14-7-8-22-9-10-23-13-15-38-32(49-25)27(23)16-22/h6-10,13,15-16,20-21,24-26,28,30H,1,11-12,14,17-19H2,2-5H3,(H,39,40)(H,41,44)(H,42,46)/b8-7-/t24-,25-,28+,30+,37-/m1/s1. The van der Waals surface area contributed by atoms with E-state index in [1.54, 1.807) is 12.3 Å². The summed E-state index contributed by atoms with van der Waals surface area (Å²) < 4.78 is 34.1. The molecule has 3 N–H and O–H groups in total. The summed E-state index contributed by atoms with van der Waals surface area (Å²) in [4.78, 5) is 53.3. The molecule has 3 aromatic rings. The number of carbonyl (C=O) groups excluding carboxylic acids is 3. The van der Waals surface area contributed by atoms with Gasteiger partial charge in [0.15, 0.2) is 5.13 Å². The van der Waals surface area contributed by atoms with E-state index in [2.05, 4.69) is 52.9 Å². The van der Waals surface area contributed by atoms with Gasteiger partial charge in [0.05, 0.1) is 17.5 Å². The minimum Gasteiger partial charge on any atom is -0.472 e. The highest BCUT2D eigenvalue weighted by Crippen LogP contribution is 2.45. The van der Waals surface area contributed by atoms with Crippen molar-refractivity contribution >= 4 is 61.1 Å². The van der Waals surface area contributed by atoms with Crippen molar-refractivity contribution in [3.8, 4) is 5.88 Å². The second-order valence-electron chi connectivity index (χ2n) is 15.2. The zero-order valence-electron chi connectivity index (χ0n) is 29.2. The maximum absolute atomic E-state index is 14.5. The van der Waals surface area contributed by atoms with Crippen LogP contribution in [-0.4, -0.2) is 76.5 Å². The zero-order chi connectivity index (χ0) is 36.3. The number of benzene rings is 1. The number of rotatable bonds is 7. The Balaban J connectivity index is 1.24. The highest BCUT2D eigenvalue weighted by Gasteiger charge is 2.62. The molecule has 0 radical (unpaired) electrons. The van der Waals surface area contributed by atoms with Gasteiger partial charge in [0.1, 0.15) is 23.7 Å². The lowest BCUT2D eigenvalue weighted by molar-refractivity contribution is -0.140. The number of allylic oxidation sites excluding steroid dienone is 1. The number of hydrogen-bond acceptors (Lipinski definition) is 10. The lowest BCUT2D eigenvalue weighted by Gasteiger charge is -2.31. The van der Waals surface area contributed by atoms with E-state index in [0.717, 1.165) is 28.5 Å². The van der Waals surface area contributed by atoms with Crippen molar-refractivity contribution < 1.29 is 27.5 Å². The molecular weight excluding hydrogens is 689 g/mol. The van der Waals surface area contributed by atoms with E-state index in [4.69, 9.17) is 9.72 Å². The lowest BCUT2D eigenvalue weighted by atomic mass is 9.86. The number of aromatic nitrogens is 2. The maximum atomic E-state index is 14.5. The summed E-state index contributed by atoms with van der Waals surface area (Å²) >= 11 is 1.43. The van der Waals surface area contributed by atoms with Crippen LogP contribution in [0.4, 0.5) is 5.13 Å². The predicted molar refractivity (Wildman–Crippen MR) is 197 cm³/mol. The Morgan fingerprint density at radius 2 is 2.00 bits per heavy atom. The number of sulfonamides is 1. The fraction of sp³-hybridized carbons (Fsp3) is 0.486. The number of fused-ring (bicyclic) bond motifs is 5. The van der Waals surface area contributed by atoms with Crippen LogP contribution in [0.2, 0.25) is 0 Å². The molecule has 0 unspecified atom stereocenters. The quantitative estimate of drug-likeness (QED) is 0.297. The molecule has 2 saturated carbocycles. The Morgan fingerprint density at radius 3 is 2.71 bits per heavy atom. The minimum absolute atomic E-state index is 0.0930. The summed E-state index contributed by atoms with van der Waals surface area (Å²) in [5.74, 6) is -1.91. The van der Waals surface area contributed by atoms with Crippen molar-refractivity contribution in [2.45, 2.75) is 94.2 Å². The molecule has 4 heterocycles. The van der Waals surface area contributed by atoms with E-state index in [-0.39, 0.29) is 36.6 Å². The number of nitrogens with zero attached hydrogens (tertiary/aromatic N) is 3. The van der Waals surface area contributed by atoms with Crippen molar-refractivity contribution in [3.05, 3.63) is 65.8 Å². The van der Waals surface area contributed by atoms with E-state index in [0.29, 0.717) is 23.9 Å². The number of anilines is 1. The Kier molecular flexibility index (Phi) is 8.98. The van der Waals surface area contributed by atoms with E-state index < -0.39 is 56.7 Å². The maximum Gasteiger partial charge on any atom is 0.259 e. The lowest BCUT2D eigenvalue weighted by Crippen LogP contribution is -2.58. The number of hydrogen-bond donors (Lipinski definition) is 3. The van der Waals surface area contributed by atoms with E-state index in [9.17, 15) is 22.8 Å². The molecule has 7 rings (SSSR count). The molecule has 14 heteroatoms. The molecular formula is C37H44N6O6S2. The summed E-state index contributed by atoms with van der Waals surface area (Å²) in [6, 6.07) is 6.25. The van der Waals surface area contributed by atoms with Gasteiger partial charge >= 0.3 is 0 Å². The second-order valence-corrected chi connectivity index (χ2v) is 18.0. The molecule has 3 fully saturated rings. The molecule has 12 nitrogen and oxygen atoms in total. The fourth-order valence-corrected chi connectivity index (χ4v) is 9.28. The normalized spacial score (nSPS) is 27.9. The van der Waals surface area contributed by atoms with Gasteiger partial charge < -0.3 is 20.3 Å². The molecule has 2 aromatic heterocycles. The summed E-state index contributed by atoms with van der Waals surface area (Å²) in [7, 11) is -3.85. The third kappa shape index (κ3) is 6.87. The Hall–Kier alpha value is -4.30. The average molecular weight is 733 g/mol. The fourth-order valence-electron chi connectivity index (χ4n) is 6.98. The number of amides is 3. The summed E-state index contributed by atoms with van der Waals surface area (Å²) in [6.45, 7) is 12.0. The average Bonchev–Trinajstić information content (AvgIpc) is 3.97. The Bertz CT molecular complexity index is 2040. The molecule has 4 aliphatic rings. The first-order chi connectivity index (χ1) is 24.2. The first kappa shape index (κ1) is 35.1. The van der Waals surface area contributed by atoms with Crippen molar-refractivity contribution in [3.63, 3.8) is 0 Å². The highest BCUT2D eigenvalue weighted by atomic mass is 32.2. The van der Waals surface area contributed by atoms with Crippen LogP contribution in [0.1, 0.15) is 71.1 Å². The van der Waals surface area contributed by atoms with Crippen molar-refractivity contribution in [1.29, 1.82) is 0 Å². The second kappa shape index (κ2) is 13.0. The van der Waals surface area contributed by atoms with Gasteiger partial charge in [-0.3, -0.25) is 19.1 Å². The molecule has 5 atom stereocenters. The molecule has 2 aliphatic carbocycles. The molecule has 270 valence electrons. The van der Waals surface area contributed by atoms with Gasteiger partial charge in [-0.05, 0) is 54.7 Å². The number of nitrogens with one attached hydrogen (secondary N) is 3. The molecule has 3 amide bonds. The minimum atomic E-state index is -3.85. The van der Waals surface area contributed by atoms with E-state index in [1.807, 2.05) is 43.5 Å². The smallest absolute Gasteiger partial charge is 0.259 e. The van der Waals surface area contributed by atoms with Crippen molar-refractivity contribution in [2.75, 3.05) is 11.9 Å². The molecule has 1 aromatic carbocycles. The largest absolute Gasteiger partial charge is 0.472 e. The van der Waals surface area contributed by atoms with Crippen LogP contribution in [0.15, 0.2) is 54.6 Å². The summed E-state index contributed by atoms with van der Waals surface area (Å²) in [5, 5.41) is 9.96. The first-order valence-electron chi connectivity index (χ1n) is 17.5. The van der Waals surface area contributed by atoms with Gasteiger partial charge in [0.25, 0.3) is 5.91 Å². The van der Waals surface area contributed by atoms with Crippen LogP contribution in [0.25, 0.3) is 16.8 Å². The van der Waals surface area contributed by atoms with Gasteiger partial charge in [-0.15, -0.1) is 17.9 Å². The molecule has 51 heavy (non-hydrogen) atoms. The van der Waals surface area contributed by atoms with Crippen LogP contribution < -0.4 is 20.1 Å². The van der Waals surface area contributed by atoms with Crippen LogP contribution in [-0.2, 0) is 29.8 Å². The van der Waals surface area contributed by atoms with Crippen molar-refractivity contribution in [2.24, 2.45) is 11.8 Å². The van der Waals surface area contributed by atoms with Crippen LogP contribution in [0.3, 0.4) is 0 Å². The molecule has 6 bridgehead atoms. The first-order valence-corrected chi connectivity index (χ1v) is 19.9. The van der Waals surface area contributed by atoms with Gasteiger partial charge in [0, 0.05) is 34.7 Å². The van der Waals surface area contributed by atoms with Crippen LogP contribution >= 0.6 is 11.3 Å². The number of pyridine rings is 1. The van der Waals surface area contributed by atoms with Gasteiger partial charge in [0.2, 0.25) is 27.7 Å². The Morgan fingerprint density at radius 1 is 1.22 bits per heavy atom. The van der Waals surface area contributed by atoms with Crippen molar-refractivity contribution in [1.82, 2.24) is 24.9 Å².